The van der Waals surface area contributed by atoms with Crippen molar-refractivity contribution in [2.24, 2.45) is 5.73 Å². The lowest BCUT2D eigenvalue weighted by Gasteiger charge is -2.05. The van der Waals surface area contributed by atoms with E-state index in [-0.39, 0.29) is 0 Å². The number of nitrogens with two attached hydrogens (primary N) is 1. The van der Waals surface area contributed by atoms with Gasteiger partial charge in [0.05, 0.1) is 7.11 Å². The van der Waals surface area contributed by atoms with Crippen molar-refractivity contribution in [3.05, 3.63) is 36.1 Å². The quantitative estimate of drug-likeness (QED) is 0.502. The van der Waals surface area contributed by atoms with E-state index in [0.717, 1.165) is 17.8 Å². The minimum Gasteiger partial charge on any atom is -0.497 e. The van der Waals surface area contributed by atoms with Crippen molar-refractivity contribution in [2.75, 3.05) is 13.7 Å². The van der Waals surface area contributed by atoms with Crippen molar-refractivity contribution in [2.45, 2.75) is 13.3 Å². The lowest BCUT2D eigenvalue weighted by molar-refractivity contribution is 0.301. The SMILES string of the molecule is C=C/C=C\C(OC)=C(/C)CCN. The van der Waals surface area contributed by atoms with Crippen LogP contribution in [0.4, 0.5) is 0 Å². The molecule has 0 heterocycles. The zero-order valence-corrected chi connectivity index (χ0v) is 7.84. The molecule has 2 N–H and O–H groups in total. The van der Waals surface area contributed by atoms with Crippen LogP contribution in [0.25, 0.3) is 0 Å². The Morgan fingerprint density at radius 2 is 2.25 bits per heavy atom. The molecule has 2 nitrogen and oxygen atoms in total. The van der Waals surface area contributed by atoms with Gasteiger partial charge in [0.15, 0.2) is 0 Å². The van der Waals surface area contributed by atoms with Crippen molar-refractivity contribution < 1.29 is 4.74 Å². The van der Waals surface area contributed by atoms with Crippen LogP contribution in [0.3, 0.4) is 0 Å². The predicted molar refractivity (Wildman–Crippen MR) is 52.7 cm³/mol. The summed E-state index contributed by atoms with van der Waals surface area (Å²) in [6.07, 6.45) is 6.32. The molecule has 0 bridgehead atoms. The largest absolute Gasteiger partial charge is 0.497 e. The van der Waals surface area contributed by atoms with E-state index in [4.69, 9.17) is 10.5 Å². The standard InChI is InChI=1S/C10H17NO/c1-4-5-6-10(12-3)9(2)7-8-11/h4-6H,1,7-8,11H2,2-3H3/b6-5-,10-9-. The Balaban J connectivity index is 4.37. The minimum absolute atomic E-state index is 0.653. The van der Waals surface area contributed by atoms with Gasteiger partial charge in [-0.25, -0.2) is 0 Å². The van der Waals surface area contributed by atoms with Crippen LogP contribution in [-0.4, -0.2) is 13.7 Å². The van der Waals surface area contributed by atoms with E-state index in [2.05, 4.69) is 6.58 Å². The fraction of sp³-hybridized carbons (Fsp3) is 0.400. The summed E-state index contributed by atoms with van der Waals surface area (Å²) >= 11 is 0. The summed E-state index contributed by atoms with van der Waals surface area (Å²) in [6, 6.07) is 0. The Bertz CT molecular complexity index is 192. The van der Waals surface area contributed by atoms with E-state index in [1.54, 1.807) is 13.2 Å². The van der Waals surface area contributed by atoms with Crippen LogP contribution in [0.5, 0.6) is 0 Å². The summed E-state index contributed by atoms with van der Waals surface area (Å²) in [7, 11) is 1.66. The summed E-state index contributed by atoms with van der Waals surface area (Å²) in [5.41, 5.74) is 6.58. The maximum absolute atomic E-state index is 5.42. The van der Waals surface area contributed by atoms with Crippen molar-refractivity contribution in [1.29, 1.82) is 0 Å². The molecule has 0 aromatic heterocycles. The first-order valence-electron chi connectivity index (χ1n) is 3.99. The van der Waals surface area contributed by atoms with Crippen LogP contribution in [0.15, 0.2) is 36.1 Å². The smallest absolute Gasteiger partial charge is 0.117 e. The van der Waals surface area contributed by atoms with Gasteiger partial charge in [-0.3, -0.25) is 0 Å². The van der Waals surface area contributed by atoms with Crippen LogP contribution in [-0.2, 0) is 4.74 Å². The first kappa shape index (κ1) is 11.0. The fourth-order valence-corrected chi connectivity index (χ4v) is 0.880. The van der Waals surface area contributed by atoms with Crippen LogP contribution in [0.2, 0.25) is 0 Å². The minimum atomic E-state index is 0.653. The fourth-order valence-electron chi connectivity index (χ4n) is 0.880. The Morgan fingerprint density at radius 3 is 2.67 bits per heavy atom. The highest BCUT2D eigenvalue weighted by Crippen LogP contribution is 2.09. The van der Waals surface area contributed by atoms with E-state index in [9.17, 15) is 0 Å². The summed E-state index contributed by atoms with van der Waals surface area (Å²) in [4.78, 5) is 0. The van der Waals surface area contributed by atoms with Gasteiger partial charge in [0.1, 0.15) is 5.76 Å². The molecule has 0 spiro atoms. The topological polar surface area (TPSA) is 35.2 Å². The number of hydrogen-bond donors (Lipinski definition) is 1. The molecule has 0 aliphatic heterocycles. The number of allylic oxidation sites excluding steroid dienone is 3. The van der Waals surface area contributed by atoms with Crippen molar-refractivity contribution >= 4 is 0 Å². The van der Waals surface area contributed by atoms with E-state index in [1.807, 2.05) is 19.1 Å². The molecular weight excluding hydrogens is 150 g/mol. The molecule has 0 unspecified atom stereocenters. The zero-order chi connectivity index (χ0) is 9.40. The molecule has 0 saturated heterocycles. The van der Waals surface area contributed by atoms with Gasteiger partial charge >= 0.3 is 0 Å². The predicted octanol–water partition coefficient (Wildman–Crippen LogP) is 2.00. The Labute approximate surface area is 74.4 Å². The molecule has 0 fully saturated rings. The van der Waals surface area contributed by atoms with Crippen LogP contribution < -0.4 is 5.73 Å². The van der Waals surface area contributed by atoms with Gasteiger partial charge in [-0.2, -0.15) is 0 Å². The van der Waals surface area contributed by atoms with Gasteiger partial charge in [-0.1, -0.05) is 18.7 Å². The Morgan fingerprint density at radius 1 is 1.58 bits per heavy atom. The van der Waals surface area contributed by atoms with Crippen molar-refractivity contribution in [3.63, 3.8) is 0 Å². The van der Waals surface area contributed by atoms with E-state index >= 15 is 0 Å². The third-order valence-electron chi connectivity index (χ3n) is 1.54. The second-order valence-corrected chi connectivity index (χ2v) is 2.48. The zero-order valence-electron chi connectivity index (χ0n) is 7.84. The lowest BCUT2D eigenvalue weighted by Crippen LogP contribution is -2.00. The molecule has 12 heavy (non-hydrogen) atoms. The highest BCUT2D eigenvalue weighted by molar-refractivity contribution is 5.21. The molecule has 0 amide bonds. The first-order chi connectivity index (χ1) is 5.76. The van der Waals surface area contributed by atoms with Gasteiger partial charge in [-0.15, -0.1) is 0 Å². The van der Waals surface area contributed by atoms with E-state index in [0.29, 0.717) is 6.54 Å². The van der Waals surface area contributed by atoms with Gasteiger partial charge in [0.25, 0.3) is 0 Å². The first-order valence-corrected chi connectivity index (χ1v) is 3.99. The third kappa shape index (κ3) is 3.98. The molecule has 2 heteroatoms. The maximum atomic E-state index is 5.42. The second kappa shape index (κ2) is 6.68. The summed E-state index contributed by atoms with van der Waals surface area (Å²) < 4.78 is 5.16. The number of rotatable bonds is 5. The van der Waals surface area contributed by atoms with Crippen molar-refractivity contribution in [1.82, 2.24) is 0 Å². The molecule has 0 aromatic carbocycles. The average Bonchev–Trinajstić information content (AvgIpc) is 2.06. The number of ether oxygens (including phenoxy) is 1. The third-order valence-corrected chi connectivity index (χ3v) is 1.54. The molecule has 0 aliphatic carbocycles. The summed E-state index contributed by atoms with van der Waals surface area (Å²) in [5, 5.41) is 0. The summed E-state index contributed by atoms with van der Waals surface area (Å²) in [6.45, 7) is 6.25. The maximum Gasteiger partial charge on any atom is 0.117 e. The Hall–Kier alpha value is -1.02. The van der Waals surface area contributed by atoms with Gasteiger partial charge < -0.3 is 10.5 Å². The van der Waals surface area contributed by atoms with E-state index < -0.39 is 0 Å². The lowest BCUT2D eigenvalue weighted by atomic mass is 10.2. The highest BCUT2D eigenvalue weighted by Gasteiger charge is 1.96. The molecular formula is C10H17NO. The van der Waals surface area contributed by atoms with Crippen LogP contribution >= 0.6 is 0 Å². The second-order valence-electron chi connectivity index (χ2n) is 2.48. The molecule has 0 radical (unpaired) electrons. The monoisotopic (exact) mass is 167 g/mol. The van der Waals surface area contributed by atoms with Gasteiger partial charge in [0.2, 0.25) is 0 Å². The van der Waals surface area contributed by atoms with E-state index in [1.165, 1.54) is 0 Å². The number of methoxy groups -OCH3 is 1. The molecule has 68 valence electrons. The highest BCUT2D eigenvalue weighted by atomic mass is 16.5. The Kier molecular flexibility index (Phi) is 6.11. The average molecular weight is 167 g/mol. The van der Waals surface area contributed by atoms with Crippen molar-refractivity contribution in [3.8, 4) is 0 Å². The molecule has 0 saturated carbocycles. The van der Waals surface area contributed by atoms with Gasteiger partial charge in [-0.05, 0) is 31.5 Å². The van der Waals surface area contributed by atoms with Crippen LogP contribution in [0.1, 0.15) is 13.3 Å². The molecule has 0 aliphatic rings. The number of hydrogen-bond acceptors (Lipinski definition) is 2. The molecule has 0 atom stereocenters. The molecule has 0 aromatic rings. The normalized spacial score (nSPS) is 12.9. The summed E-state index contributed by atoms with van der Waals surface area (Å²) in [5.74, 6) is 0.875. The molecule has 0 rings (SSSR count). The van der Waals surface area contributed by atoms with Gasteiger partial charge in [0, 0.05) is 0 Å². The van der Waals surface area contributed by atoms with Crippen LogP contribution in [0, 0.1) is 0 Å².